The molecule has 106 valence electrons. The molecule has 8 N–H and O–H groups in total. The molecule has 0 saturated heterocycles. The van der Waals surface area contributed by atoms with Crippen molar-refractivity contribution in [3.05, 3.63) is 0 Å². The van der Waals surface area contributed by atoms with Gasteiger partial charge in [-0.3, -0.25) is 14.4 Å². The molecule has 0 aliphatic carbocycles. The summed E-state index contributed by atoms with van der Waals surface area (Å²) in [7, 11) is 0. The van der Waals surface area contributed by atoms with Gasteiger partial charge in [0.15, 0.2) is 0 Å². The van der Waals surface area contributed by atoms with Gasteiger partial charge in [0.1, 0.15) is 12.1 Å². The molecule has 0 aliphatic rings. The quantitative estimate of drug-likeness (QED) is 0.397. The summed E-state index contributed by atoms with van der Waals surface area (Å²) < 4.78 is 0. The first-order valence-corrected chi connectivity index (χ1v) is 5.33. The van der Waals surface area contributed by atoms with Crippen LogP contribution >= 0.6 is 0 Å². The van der Waals surface area contributed by atoms with Crippen LogP contribution in [0, 0.1) is 5.92 Å². The normalized spacial score (nSPS) is 13.2. The number of hydrogen-bond acceptors (Lipinski definition) is 5. The molecule has 2 unspecified atom stereocenters. The number of nitrogens with two attached hydrogens (primary N) is 3. The first-order valence-electron chi connectivity index (χ1n) is 5.33. The number of carbonyl (C=O) groups is 3. The first-order chi connectivity index (χ1) is 8.07. The topological polar surface area (TPSA) is 170 Å². The highest BCUT2D eigenvalue weighted by molar-refractivity contribution is 5.83. The molecule has 2 atom stereocenters. The third kappa shape index (κ3) is 12.4. The second kappa shape index (κ2) is 9.37. The molecule has 0 aliphatic heterocycles. The predicted octanol–water partition coefficient (Wildman–Crippen LogP) is -1.28. The molecule has 0 radical (unpaired) electrons. The molecule has 8 heteroatoms. The van der Waals surface area contributed by atoms with Crippen LogP contribution in [0.15, 0.2) is 0 Å². The van der Waals surface area contributed by atoms with Crippen molar-refractivity contribution in [3.8, 4) is 0 Å². The molecule has 0 saturated carbocycles. The summed E-state index contributed by atoms with van der Waals surface area (Å²) in [6, 6.07) is -1.85. The van der Waals surface area contributed by atoms with Crippen molar-refractivity contribution in [1.82, 2.24) is 0 Å². The number of primary amides is 1. The third-order valence-corrected chi connectivity index (χ3v) is 1.78. The minimum absolute atomic E-state index is 0.310. The van der Waals surface area contributed by atoms with Crippen LogP contribution in [0.1, 0.15) is 26.7 Å². The van der Waals surface area contributed by atoms with E-state index < -0.39 is 29.9 Å². The van der Waals surface area contributed by atoms with Gasteiger partial charge >= 0.3 is 11.9 Å². The number of carboxylic acid groups (broad SMARTS) is 2. The van der Waals surface area contributed by atoms with Crippen molar-refractivity contribution in [2.45, 2.75) is 38.8 Å². The summed E-state index contributed by atoms with van der Waals surface area (Å²) >= 11 is 0. The van der Waals surface area contributed by atoms with Crippen molar-refractivity contribution in [3.63, 3.8) is 0 Å². The average Bonchev–Trinajstić information content (AvgIpc) is 2.16. The molecular formula is C10H21N3O5. The lowest BCUT2D eigenvalue weighted by molar-refractivity contribution is -0.140. The Morgan fingerprint density at radius 1 is 1.00 bits per heavy atom. The molecule has 0 aromatic carbocycles. The van der Waals surface area contributed by atoms with Crippen molar-refractivity contribution >= 4 is 17.8 Å². The summed E-state index contributed by atoms with van der Waals surface area (Å²) in [5, 5.41) is 16.4. The van der Waals surface area contributed by atoms with Gasteiger partial charge in [0.25, 0.3) is 0 Å². The highest BCUT2D eigenvalue weighted by Gasteiger charge is 2.13. The number of hydrogen-bond donors (Lipinski definition) is 5. The summed E-state index contributed by atoms with van der Waals surface area (Å²) in [6.07, 6.45) is 0.241. The van der Waals surface area contributed by atoms with Crippen molar-refractivity contribution in [2.24, 2.45) is 23.1 Å². The van der Waals surface area contributed by atoms with E-state index in [0.717, 1.165) is 0 Å². The molecule has 18 heavy (non-hydrogen) atoms. The molecule has 0 fully saturated rings. The molecular weight excluding hydrogens is 242 g/mol. The predicted molar refractivity (Wildman–Crippen MR) is 64.5 cm³/mol. The molecule has 0 rings (SSSR count). The number of rotatable bonds is 6. The second-order valence-electron chi connectivity index (χ2n) is 4.19. The van der Waals surface area contributed by atoms with Crippen LogP contribution in [-0.4, -0.2) is 40.1 Å². The Balaban J connectivity index is 0. The lowest BCUT2D eigenvalue weighted by atomic mass is 10.1. The van der Waals surface area contributed by atoms with E-state index in [2.05, 4.69) is 5.73 Å². The average molecular weight is 263 g/mol. The number of aliphatic carboxylic acids is 2. The van der Waals surface area contributed by atoms with E-state index in [-0.39, 0.29) is 6.42 Å². The molecule has 8 nitrogen and oxygen atoms in total. The highest BCUT2D eigenvalue weighted by atomic mass is 16.4. The zero-order valence-corrected chi connectivity index (χ0v) is 10.5. The van der Waals surface area contributed by atoms with Gasteiger partial charge in [-0.2, -0.15) is 0 Å². The Morgan fingerprint density at radius 2 is 1.39 bits per heavy atom. The van der Waals surface area contributed by atoms with E-state index in [0.29, 0.717) is 12.3 Å². The van der Waals surface area contributed by atoms with Gasteiger partial charge in [-0.15, -0.1) is 0 Å². The zero-order chi connectivity index (χ0) is 14.9. The third-order valence-electron chi connectivity index (χ3n) is 1.78. The monoisotopic (exact) mass is 263 g/mol. The molecule has 0 spiro atoms. The lowest BCUT2D eigenvalue weighted by Gasteiger charge is -2.07. The van der Waals surface area contributed by atoms with Crippen molar-refractivity contribution in [2.75, 3.05) is 0 Å². The lowest BCUT2D eigenvalue weighted by Crippen LogP contribution is -2.34. The first kappa shape index (κ1) is 18.7. The summed E-state index contributed by atoms with van der Waals surface area (Å²) in [5.74, 6) is -2.47. The van der Waals surface area contributed by atoms with Gasteiger partial charge in [0.05, 0.1) is 6.42 Å². The van der Waals surface area contributed by atoms with Gasteiger partial charge in [0.2, 0.25) is 5.91 Å². The van der Waals surface area contributed by atoms with Crippen LogP contribution in [0.4, 0.5) is 0 Å². The number of carbonyl (C=O) groups excluding carboxylic acids is 1. The summed E-state index contributed by atoms with van der Waals surface area (Å²) in [5.41, 5.74) is 14.8. The molecule has 1 amide bonds. The molecule has 0 heterocycles. The van der Waals surface area contributed by atoms with E-state index in [9.17, 15) is 14.4 Å². The standard InChI is InChI=1S/C6H13NO2.C4H8N2O3/c1-4(2)3-5(7)6(8)9;5-2(4(8)9)1-3(6)7/h4-5H,3,7H2,1-2H3,(H,8,9);2H,1,5H2,(H2,6,7)(H,8,9). The van der Waals surface area contributed by atoms with Crippen LogP contribution in [0.25, 0.3) is 0 Å². The Morgan fingerprint density at radius 3 is 1.50 bits per heavy atom. The summed E-state index contributed by atoms with van der Waals surface area (Å²) in [6.45, 7) is 3.89. The van der Waals surface area contributed by atoms with E-state index >= 15 is 0 Å². The molecule has 0 aromatic heterocycles. The fraction of sp³-hybridized carbons (Fsp3) is 0.700. The maximum atomic E-state index is 10.1. The van der Waals surface area contributed by atoms with Gasteiger partial charge in [-0.25, -0.2) is 0 Å². The van der Waals surface area contributed by atoms with Crippen LogP contribution in [-0.2, 0) is 14.4 Å². The highest BCUT2D eigenvalue weighted by Crippen LogP contribution is 2.01. The van der Waals surface area contributed by atoms with Crippen LogP contribution in [0.3, 0.4) is 0 Å². The van der Waals surface area contributed by atoms with Gasteiger partial charge < -0.3 is 27.4 Å². The van der Waals surface area contributed by atoms with Crippen LogP contribution < -0.4 is 17.2 Å². The Labute approximate surface area is 105 Å². The van der Waals surface area contributed by atoms with Gasteiger partial charge in [-0.1, -0.05) is 13.8 Å². The maximum absolute atomic E-state index is 10.1. The largest absolute Gasteiger partial charge is 0.480 e. The summed E-state index contributed by atoms with van der Waals surface area (Å²) in [4.78, 5) is 30.0. The SMILES string of the molecule is CC(C)CC(N)C(=O)O.NC(=O)CC(N)C(=O)O. The Bertz CT molecular complexity index is 293. The Kier molecular flexibility index (Phi) is 9.73. The minimum atomic E-state index is -1.21. The molecule has 0 aromatic rings. The van der Waals surface area contributed by atoms with Crippen LogP contribution in [0.5, 0.6) is 0 Å². The van der Waals surface area contributed by atoms with Gasteiger partial charge in [-0.05, 0) is 12.3 Å². The second-order valence-corrected chi connectivity index (χ2v) is 4.19. The number of amides is 1. The smallest absolute Gasteiger partial charge is 0.321 e. The van der Waals surface area contributed by atoms with Crippen LogP contribution in [0.2, 0.25) is 0 Å². The van der Waals surface area contributed by atoms with Gasteiger partial charge in [0, 0.05) is 0 Å². The maximum Gasteiger partial charge on any atom is 0.321 e. The van der Waals surface area contributed by atoms with E-state index in [1.807, 2.05) is 13.8 Å². The fourth-order valence-electron chi connectivity index (χ4n) is 0.913. The number of carboxylic acids is 2. The fourth-order valence-corrected chi connectivity index (χ4v) is 0.913. The van der Waals surface area contributed by atoms with Crippen molar-refractivity contribution in [1.29, 1.82) is 0 Å². The van der Waals surface area contributed by atoms with E-state index in [1.54, 1.807) is 0 Å². The molecule has 0 bridgehead atoms. The van der Waals surface area contributed by atoms with E-state index in [1.165, 1.54) is 0 Å². The van der Waals surface area contributed by atoms with E-state index in [4.69, 9.17) is 21.7 Å². The Hall–Kier alpha value is -1.67. The zero-order valence-electron chi connectivity index (χ0n) is 10.5. The van der Waals surface area contributed by atoms with Crippen molar-refractivity contribution < 1.29 is 24.6 Å². The minimum Gasteiger partial charge on any atom is -0.480 e.